The Bertz CT molecular complexity index is 407. The van der Waals surface area contributed by atoms with Crippen LogP contribution >= 0.6 is 11.3 Å². The molecule has 0 saturated heterocycles. The van der Waals surface area contributed by atoms with Crippen LogP contribution in [0.5, 0.6) is 0 Å². The van der Waals surface area contributed by atoms with Crippen molar-refractivity contribution in [3.05, 3.63) is 34.5 Å². The summed E-state index contributed by atoms with van der Waals surface area (Å²) in [6.07, 6.45) is 1.72. The van der Waals surface area contributed by atoms with E-state index in [-0.39, 0.29) is 0 Å². The highest BCUT2D eigenvalue weighted by atomic mass is 32.1. The van der Waals surface area contributed by atoms with Crippen LogP contribution in [-0.4, -0.2) is 14.8 Å². The SMILES string of the molecule is C[C@@H](NCc1nncn1C)c1cccs1. The molecule has 0 radical (unpaired) electrons. The van der Waals surface area contributed by atoms with E-state index in [0.717, 1.165) is 12.4 Å². The molecule has 0 unspecified atom stereocenters. The highest BCUT2D eigenvalue weighted by Gasteiger charge is 2.07. The lowest BCUT2D eigenvalue weighted by Gasteiger charge is -2.11. The molecule has 1 N–H and O–H groups in total. The van der Waals surface area contributed by atoms with Crippen LogP contribution in [0, 0.1) is 0 Å². The molecule has 15 heavy (non-hydrogen) atoms. The maximum atomic E-state index is 4.02. The summed E-state index contributed by atoms with van der Waals surface area (Å²) in [7, 11) is 1.95. The Labute approximate surface area is 93.0 Å². The van der Waals surface area contributed by atoms with Gasteiger partial charge in [0.1, 0.15) is 12.2 Å². The summed E-state index contributed by atoms with van der Waals surface area (Å²) < 4.78 is 1.92. The number of hydrogen-bond donors (Lipinski definition) is 1. The predicted octanol–water partition coefficient (Wildman–Crippen LogP) is 1.73. The lowest BCUT2D eigenvalue weighted by molar-refractivity contribution is 0.555. The van der Waals surface area contributed by atoms with E-state index in [1.54, 1.807) is 17.7 Å². The first-order chi connectivity index (χ1) is 7.27. The average molecular weight is 222 g/mol. The Kier molecular flexibility index (Phi) is 3.13. The first-order valence-corrected chi connectivity index (χ1v) is 5.75. The maximum absolute atomic E-state index is 4.02. The van der Waals surface area contributed by atoms with Crippen LogP contribution in [0.2, 0.25) is 0 Å². The van der Waals surface area contributed by atoms with E-state index >= 15 is 0 Å². The van der Waals surface area contributed by atoms with E-state index in [1.165, 1.54) is 4.88 Å². The van der Waals surface area contributed by atoms with Crippen molar-refractivity contribution in [1.82, 2.24) is 20.1 Å². The zero-order valence-corrected chi connectivity index (χ0v) is 9.66. The van der Waals surface area contributed by atoms with Crippen LogP contribution in [0.1, 0.15) is 23.7 Å². The fourth-order valence-electron chi connectivity index (χ4n) is 1.35. The molecule has 4 nitrogen and oxygen atoms in total. The summed E-state index contributed by atoms with van der Waals surface area (Å²) in [6.45, 7) is 2.90. The van der Waals surface area contributed by atoms with Crippen molar-refractivity contribution in [2.45, 2.75) is 19.5 Å². The zero-order valence-electron chi connectivity index (χ0n) is 8.84. The summed E-state index contributed by atoms with van der Waals surface area (Å²) in [5.41, 5.74) is 0. The molecule has 2 heterocycles. The minimum absolute atomic E-state index is 0.363. The number of aromatic nitrogens is 3. The number of hydrogen-bond acceptors (Lipinski definition) is 4. The molecule has 0 fully saturated rings. The average Bonchev–Trinajstić information content (AvgIpc) is 2.85. The standard InChI is InChI=1S/C10H14N4S/c1-8(9-4-3-5-15-9)11-6-10-13-12-7-14(10)2/h3-5,7-8,11H,6H2,1-2H3/t8-/m1/s1. The van der Waals surface area contributed by atoms with Crippen molar-refractivity contribution in [1.29, 1.82) is 0 Å². The Morgan fingerprint density at radius 3 is 3.07 bits per heavy atom. The third-order valence-electron chi connectivity index (χ3n) is 2.34. The van der Waals surface area contributed by atoms with Gasteiger partial charge in [-0.2, -0.15) is 0 Å². The molecule has 0 aromatic carbocycles. The molecule has 5 heteroatoms. The third-order valence-corrected chi connectivity index (χ3v) is 3.40. The minimum Gasteiger partial charge on any atom is -0.320 e. The Morgan fingerprint density at radius 2 is 2.47 bits per heavy atom. The van der Waals surface area contributed by atoms with E-state index in [1.807, 2.05) is 11.6 Å². The van der Waals surface area contributed by atoms with E-state index in [4.69, 9.17) is 0 Å². The molecule has 80 valence electrons. The van der Waals surface area contributed by atoms with Crippen LogP contribution in [0.15, 0.2) is 23.8 Å². The molecule has 0 amide bonds. The molecule has 0 aliphatic heterocycles. The monoisotopic (exact) mass is 222 g/mol. The molecule has 0 spiro atoms. The molecule has 0 aliphatic carbocycles. The Hall–Kier alpha value is -1.20. The maximum Gasteiger partial charge on any atom is 0.146 e. The van der Waals surface area contributed by atoms with Gasteiger partial charge in [-0.05, 0) is 18.4 Å². The lowest BCUT2D eigenvalue weighted by atomic mass is 10.3. The molecule has 1 atom stereocenters. The zero-order chi connectivity index (χ0) is 10.7. The number of thiophene rings is 1. The van der Waals surface area contributed by atoms with E-state index < -0.39 is 0 Å². The van der Waals surface area contributed by atoms with Crippen LogP contribution in [0.3, 0.4) is 0 Å². The predicted molar refractivity (Wildman–Crippen MR) is 60.6 cm³/mol. The van der Waals surface area contributed by atoms with E-state index in [2.05, 4.69) is 40.0 Å². The second-order valence-electron chi connectivity index (χ2n) is 3.48. The molecule has 2 rings (SSSR count). The van der Waals surface area contributed by atoms with Crippen LogP contribution < -0.4 is 5.32 Å². The van der Waals surface area contributed by atoms with E-state index in [9.17, 15) is 0 Å². The van der Waals surface area contributed by atoms with E-state index in [0.29, 0.717) is 6.04 Å². The molecule has 2 aromatic rings. The molecular weight excluding hydrogens is 208 g/mol. The van der Waals surface area contributed by atoms with Crippen molar-refractivity contribution in [3.8, 4) is 0 Å². The van der Waals surface area contributed by atoms with Gasteiger partial charge in [-0.3, -0.25) is 0 Å². The van der Waals surface area contributed by atoms with Crippen molar-refractivity contribution >= 4 is 11.3 Å². The van der Waals surface area contributed by atoms with Gasteiger partial charge in [0, 0.05) is 18.0 Å². The topological polar surface area (TPSA) is 42.7 Å². The summed E-state index contributed by atoms with van der Waals surface area (Å²) in [5, 5.41) is 13.4. The smallest absolute Gasteiger partial charge is 0.146 e. The van der Waals surface area contributed by atoms with Gasteiger partial charge in [0.05, 0.1) is 6.54 Å². The second-order valence-corrected chi connectivity index (χ2v) is 4.46. The molecular formula is C10H14N4S. The van der Waals surface area contributed by atoms with Gasteiger partial charge in [-0.1, -0.05) is 6.07 Å². The second kappa shape index (κ2) is 4.55. The fourth-order valence-corrected chi connectivity index (χ4v) is 2.11. The molecule has 0 bridgehead atoms. The number of nitrogens with zero attached hydrogens (tertiary/aromatic N) is 3. The summed E-state index contributed by atoms with van der Waals surface area (Å²) >= 11 is 1.77. The van der Waals surface area contributed by atoms with Gasteiger partial charge in [0.25, 0.3) is 0 Å². The highest BCUT2D eigenvalue weighted by Crippen LogP contribution is 2.18. The normalized spacial score (nSPS) is 12.9. The summed E-state index contributed by atoms with van der Waals surface area (Å²) in [6, 6.07) is 4.57. The summed E-state index contributed by atoms with van der Waals surface area (Å²) in [4.78, 5) is 1.34. The van der Waals surface area contributed by atoms with Gasteiger partial charge in [-0.15, -0.1) is 21.5 Å². The lowest BCUT2D eigenvalue weighted by Crippen LogP contribution is -2.19. The van der Waals surface area contributed by atoms with Gasteiger partial charge in [0.2, 0.25) is 0 Å². The van der Waals surface area contributed by atoms with Crippen LogP contribution in [0.25, 0.3) is 0 Å². The molecule has 0 aliphatic rings. The first kappa shape index (κ1) is 10.3. The first-order valence-electron chi connectivity index (χ1n) is 4.87. The van der Waals surface area contributed by atoms with Crippen LogP contribution in [0.4, 0.5) is 0 Å². The Morgan fingerprint density at radius 1 is 1.60 bits per heavy atom. The van der Waals surface area contributed by atoms with Gasteiger partial charge >= 0.3 is 0 Å². The van der Waals surface area contributed by atoms with Gasteiger partial charge < -0.3 is 9.88 Å². The van der Waals surface area contributed by atoms with Gasteiger partial charge in [0.15, 0.2) is 0 Å². The quantitative estimate of drug-likeness (QED) is 0.856. The third kappa shape index (κ3) is 2.43. The largest absolute Gasteiger partial charge is 0.320 e. The minimum atomic E-state index is 0.363. The van der Waals surface area contributed by atoms with Crippen LogP contribution in [-0.2, 0) is 13.6 Å². The number of rotatable bonds is 4. The Balaban J connectivity index is 1.91. The summed E-state index contributed by atoms with van der Waals surface area (Å²) in [5.74, 6) is 0.957. The van der Waals surface area contributed by atoms with Crippen molar-refractivity contribution < 1.29 is 0 Å². The van der Waals surface area contributed by atoms with Crippen molar-refractivity contribution in [3.63, 3.8) is 0 Å². The number of nitrogens with one attached hydrogen (secondary N) is 1. The van der Waals surface area contributed by atoms with Gasteiger partial charge in [-0.25, -0.2) is 0 Å². The molecule has 2 aromatic heterocycles. The van der Waals surface area contributed by atoms with Crippen molar-refractivity contribution in [2.24, 2.45) is 7.05 Å². The fraction of sp³-hybridized carbons (Fsp3) is 0.400. The highest BCUT2D eigenvalue weighted by molar-refractivity contribution is 7.10. The molecule has 0 saturated carbocycles. The number of aryl methyl sites for hydroxylation is 1. The van der Waals surface area contributed by atoms with Crippen molar-refractivity contribution in [2.75, 3.05) is 0 Å².